The summed E-state index contributed by atoms with van der Waals surface area (Å²) in [5.41, 5.74) is 3.80. The summed E-state index contributed by atoms with van der Waals surface area (Å²) in [6.07, 6.45) is 8.13. The molecule has 1 N–H and O–H groups in total. The zero-order valence-electron chi connectivity index (χ0n) is 11.8. The van der Waals surface area contributed by atoms with Crippen LogP contribution in [0.3, 0.4) is 0 Å². The molecular weight excluding hydrogens is 276 g/mol. The monoisotopic (exact) mass is 290 g/mol. The molecule has 0 fully saturated rings. The average Bonchev–Trinajstić information content (AvgIpc) is 2.58. The summed E-state index contributed by atoms with van der Waals surface area (Å²) in [4.78, 5) is 19.2. The van der Waals surface area contributed by atoms with E-state index in [0.717, 1.165) is 16.7 Å². The summed E-state index contributed by atoms with van der Waals surface area (Å²) in [7, 11) is 0. The second-order valence-corrected chi connectivity index (χ2v) is 4.97. The molecule has 0 saturated carbocycles. The Balaban J connectivity index is 2.07. The third-order valence-corrected chi connectivity index (χ3v) is 3.48. The molecule has 3 rings (SSSR count). The molecule has 3 aromatic rings. The largest absolute Gasteiger partial charge is 0.507 e. The number of phenols is 1. The fraction of sp³-hybridized carbons (Fsp3) is 0.0556. The van der Waals surface area contributed by atoms with E-state index < -0.39 is 0 Å². The van der Waals surface area contributed by atoms with Gasteiger partial charge in [0.25, 0.3) is 0 Å². The molecule has 0 aliphatic heterocycles. The molecular formula is C18H14N2O2. The van der Waals surface area contributed by atoms with Gasteiger partial charge in [0.15, 0.2) is 6.29 Å². The lowest BCUT2D eigenvalue weighted by Crippen LogP contribution is -1.94. The van der Waals surface area contributed by atoms with Gasteiger partial charge in [0, 0.05) is 30.4 Å². The molecule has 0 bridgehead atoms. The lowest BCUT2D eigenvalue weighted by atomic mass is 9.96. The number of hydrogen-bond acceptors (Lipinski definition) is 4. The SMILES string of the molecule is O=Cc1cc(Cc2ccncc2)cc(-c2ccncc2)c1O. The number of aromatic hydroxyl groups is 1. The van der Waals surface area contributed by atoms with E-state index >= 15 is 0 Å². The van der Waals surface area contributed by atoms with Crippen molar-refractivity contribution >= 4 is 6.29 Å². The van der Waals surface area contributed by atoms with Gasteiger partial charge in [-0.2, -0.15) is 0 Å². The maximum absolute atomic E-state index is 11.2. The average molecular weight is 290 g/mol. The standard InChI is InChI=1S/C18H14N2O2/c21-12-16-10-14(9-13-1-5-19-6-2-13)11-17(18(16)22)15-3-7-20-8-4-15/h1-8,10-12,22H,9H2. The van der Waals surface area contributed by atoms with Crippen LogP contribution < -0.4 is 0 Å². The van der Waals surface area contributed by atoms with E-state index in [4.69, 9.17) is 0 Å². The second kappa shape index (κ2) is 6.18. The van der Waals surface area contributed by atoms with Crippen LogP contribution in [0.15, 0.2) is 61.2 Å². The first-order chi connectivity index (χ1) is 10.8. The fourth-order valence-electron chi connectivity index (χ4n) is 2.40. The van der Waals surface area contributed by atoms with Gasteiger partial charge in [-0.1, -0.05) is 0 Å². The summed E-state index contributed by atoms with van der Waals surface area (Å²) in [6.45, 7) is 0. The lowest BCUT2D eigenvalue weighted by molar-refractivity contribution is 0.112. The van der Waals surface area contributed by atoms with Gasteiger partial charge in [0.1, 0.15) is 5.75 Å². The maximum Gasteiger partial charge on any atom is 0.153 e. The Hall–Kier alpha value is -3.01. The number of carbonyl (C=O) groups is 1. The molecule has 0 aliphatic carbocycles. The Morgan fingerprint density at radius 3 is 2.18 bits per heavy atom. The van der Waals surface area contributed by atoms with Crippen LogP contribution in [0.25, 0.3) is 11.1 Å². The first-order valence-electron chi connectivity index (χ1n) is 6.88. The van der Waals surface area contributed by atoms with Crippen molar-refractivity contribution in [3.05, 3.63) is 77.9 Å². The van der Waals surface area contributed by atoms with Crippen molar-refractivity contribution in [3.8, 4) is 16.9 Å². The molecule has 2 heterocycles. The van der Waals surface area contributed by atoms with Crippen molar-refractivity contribution in [2.75, 3.05) is 0 Å². The van der Waals surface area contributed by atoms with Crippen molar-refractivity contribution in [1.29, 1.82) is 0 Å². The number of carbonyl (C=O) groups excluding carboxylic acids is 1. The topological polar surface area (TPSA) is 63.1 Å². The van der Waals surface area contributed by atoms with Crippen molar-refractivity contribution in [1.82, 2.24) is 9.97 Å². The summed E-state index contributed by atoms with van der Waals surface area (Å²) in [5, 5.41) is 10.3. The van der Waals surface area contributed by atoms with Crippen LogP contribution >= 0.6 is 0 Å². The zero-order chi connectivity index (χ0) is 15.4. The molecule has 0 atom stereocenters. The summed E-state index contributed by atoms with van der Waals surface area (Å²) in [6, 6.07) is 11.1. The van der Waals surface area contributed by atoms with E-state index in [1.807, 2.05) is 18.2 Å². The minimum Gasteiger partial charge on any atom is -0.507 e. The summed E-state index contributed by atoms with van der Waals surface area (Å²) < 4.78 is 0. The highest BCUT2D eigenvalue weighted by Gasteiger charge is 2.11. The highest BCUT2D eigenvalue weighted by Crippen LogP contribution is 2.33. The van der Waals surface area contributed by atoms with E-state index in [1.54, 1.807) is 43.0 Å². The van der Waals surface area contributed by atoms with E-state index in [1.165, 1.54) is 0 Å². The molecule has 0 saturated heterocycles. The number of phenolic OH excluding ortho intramolecular Hbond substituents is 1. The number of aldehydes is 1. The Morgan fingerprint density at radius 2 is 1.55 bits per heavy atom. The predicted octanol–water partition coefficient (Wildman–Crippen LogP) is 3.25. The lowest BCUT2D eigenvalue weighted by Gasteiger charge is -2.10. The number of benzene rings is 1. The molecule has 2 aromatic heterocycles. The molecule has 22 heavy (non-hydrogen) atoms. The molecule has 0 radical (unpaired) electrons. The van der Waals surface area contributed by atoms with E-state index in [-0.39, 0.29) is 5.75 Å². The first-order valence-corrected chi connectivity index (χ1v) is 6.88. The molecule has 4 nitrogen and oxygen atoms in total. The summed E-state index contributed by atoms with van der Waals surface area (Å²) in [5.74, 6) is -0.000298. The Morgan fingerprint density at radius 1 is 0.909 bits per heavy atom. The van der Waals surface area contributed by atoms with Gasteiger partial charge in [-0.05, 0) is 59.5 Å². The molecule has 0 amide bonds. The number of rotatable bonds is 4. The zero-order valence-corrected chi connectivity index (χ0v) is 11.8. The highest BCUT2D eigenvalue weighted by molar-refractivity contribution is 5.86. The first kappa shape index (κ1) is 13.9. The van der Waals surface area contributed by atoms with Crippen molar-refractivity contribution in [2.24, 2.45) is 0 Å². The van der Waals surface area contributed by atoms with Gasteiger partial charge in [-0.15, -0.1) is 0 Å². The molecule has 0 unspecified atom stereocenters. The van der Waals surface area contributed by atoms with Crippen LogP contribution in [0.5, 0.6) is 5.75 Å². The second-order valence-electron chi connectivity index (χ2n) is 4.97. The van der Waals surface area contributed by atoms with Crippen LogP contribution in [0, 0.1) is 0 Å². The number of pyridine rings is 2. The minimum atomic E-state index is -0.000298. The maximum atomic E-state index is 11.2. The van der Waals surface area contributed by atoms with Gasteiger partial charge in [-0.25, -0.2) is 0 Å². The van der Waals surface area contributed by atoms with Crippen LogP contribution in [0.4, 0.5) is 0 Å². The van der Waals surface area contributed by atoms with Crippen LogP contribution in [0.2, 0.25) is 0 Å². The number of aromatic nitrogens is 2. The predicted molar refractivity (Wildman–Crippen MR) is 83.8 cm³/mol. The third kappa shape index (κ3) is 2.86. The van der Waals surface area contributed by atoms with Crippen molar-refractivity contribution in [3.63, 3.8) is 0 Å². The van der Waals surface area contributed by atoms with Crippen LogP contribution in [-0.4, -0.2) is 21.4 Å². The van der Waals surface area contributed by atoms with E-state index in [0.29, 0.717) is 23.8 Å². The number of nitrogens with zero attached hydrogens (tertiary/aromatic N) is 2. The molecule has 0 spiro atoms. The van der Waals surface area contributed by atoms with Gasteiger partial charge in [0.05, 0.1) is 5.56 Å². The smallest absolute Gasteiger partial charge is 0.153 e. The molecule has 1 aromatic carbocycles. The Bertz CT molecular complexity index is 787. The molecule has 0 aliphatic rings. The van der Waals surface area contributed by atoms with E-state index in [9.17, 15) is 9.90 Å². The number of hydrogen-bond donors (Lipinski definition) is 1. The van der Waals surface area contributed by atoms with Crippen molar-refractivity contribution in [2.45, 2.75) is 6.42 Å². The van der Waals surface area contributed by atoms with Gasteiger partial charge >= 0.3 is 0 Å². The van der Waals surface area contributed by atoms with Crippen LogP contribution in [-0.2, 0) is 6.42 Å². The summed E-state index contributed by atoms with van der Waals surface area (Å²) >= 11 is 0. The minimum absolute atomic E-state index is 0.000298. The molecule has 108 valence electrons. The normalized spacial score (nSPS) is 10.4. The third-order valence-electron chi connectivity index (χ3n) is 3.48. The van der Waals surface area contributed by atoms with Crippen LogP contribution in [0.1, 0.15) is 21.5 Å². The van der Waals surface area contributed by atoms with Gasteiger partial charge in [-0.3, -0.25) is 14.8 Å². The van der Waals surface area contributed by atoms with Gasteiger partial charge < -0.3 is 5.11 Å². The van der Waals surface area contributed by atoms with Gasteiger partial charge in [0.2, 0.25) is 0 Å². The quantitative estimate of drug-likeness (QED) is 0.749. The highest BCUT2D eigenvalue weighted by atomic mass is 16.3. The fourth-order valence-corrected chi connectivity index (χ4v) is 2.40. The van der Waals surface area contributed by atoms with E-state index in [2.05, 4.69) is 9.97 Å². The Labute approximate surface area is 128 Å². The van der Waals surface area contributed by atoms with Crippen molar-refractivity contribution < 1.29 is 9.90 Å². The molecule has 4 heteroatoms. The Kier molecular flexibility index (Phi) is 3.92.